The van der Waals surface area contributed by atoms with Crippen LogP contribution in [0.15, 0.2) is 17.1 Å². The molecule has 0 fully saturated rings. The molecular formula is C19H26N6O. The zero-order chi connectivity index (χ0) is 18.6. The molecule has 7 heteroatoms. The molecule has 0 amide bonds. The molecule has 0 aliphatic carbocycles. The fourth-order valence-electron chi connectivity index (χ4n) is 3.51. The van der Waals surface area contributed by atoms with Gasteiger partial charge in [-0.2, -0.15) is 5.10 Å². The van der Waals surface area contributed by atoms with Crippen LogP contribution in [0.2, 0.25) is 0 Å². The van der Waals surface area contributed by atoms with Gasteiger partial charge in [-0.05, 0) is 13.3 Å². The van der Waals surface area contributed by atoms with Crippen LogP contribution in [-0.4, -0.2) is 35.8 Å². The molecule has 0 unspecified atom stereocenters. The number of aromatic nitrogens is 5. The maximum atomic E-state index is 12.9. The van der Waals surface area contributed by atoms with Crippen molar-refractivity contribution in [3.63, 3.8) is 0 Å². The third-order valence-electron chi connectivity index (χ3n) is 5.38. The quantitative estimate of drug-likeness (QED) is 0.763. The maximum absolute atomic E-state index is 12.9. The van der Waals surface area contributed by atoms with Crippen LogP contribution in [0.1, 0.15) is 49.0 Å². The largest absolute Gasteiger partial charge is 0.293 e. The first-order valence-corrected chi connectivity index (χ1v) is 9.08. The Labute approximate surface area is 152 Å². The second kappa shape index (κ2) is 5.81. The van der Waals surface area contributed by atoms with Crippen molar-refractivity contribution in [2.45, 2.75) is 52.6 Å². The van der Waals surface area contributed by atoms with Crippen molar-refractivity contribution in [3.05, 3.63) is 50.8 Å². The van der Waals surface area contributed by atoms with Gasteiger partial charge in [0.2, 0.25) is 0 Å². The Kier molecular flexibility index (Phi) is 3.80. The van der Waals surface area contributed by atoms with Crippen molar-refractivity contribution >= 4 is 5.65 Å². The Morgan fingerprint density at radius 2 is 2.08 bits per heavy atom. The minimum Gasteiger partial charge on any atom is -0.293 e. The summed E-state index contributed by atoms with van der Waals surface area (Å²) < 4.78 is 3.50. The van der Waals surface area contributed by atoms with Crippen molar-refractivity contribution in [1.82, 2.24) is 29.3 Å². The van der Waals surface area contributed by atoms with E-state index in [-0.39, 0.29) is 11.0 Å². The average Bonchev–Trinajstić information content (AvgIpc) is 3.14. The summed E-state index contributed by atoms with van der Waals surface area (Å²) in [5, 5.41) is 7.56. The molecule has 1 N–H and O–H groups in total. The predicted octanol–water partition coefficient (Wildman–Crippen LogP) is 1.92. The van der Waals surface area contributed by atoms with E-state index in [1.165, 1.54) is 11.3 Å². The third kappa shape index (κ3) is 2.76. The number of fused-ring (bicyclic) bond motifs is 2. The number of aryl methyl sites for hydroxylation is 1. The first-order valence-electron chi connectivity index (χ1n) is 9.08. The van der Waals surface area contributed by atoms with Crippen LogP contribution in [0.5, 0.6) is 0 Å². The number of hydrogen-bond donors (Lipinski definition) is 1. The predicted molar refractivity (Wildman–Crippen MR) is 100 cm³/mol. The van der Waals surface area contributed by atoms with Crippen LogP contribution >= 0.6 is 0 Å². The summed E-state index contributed by atoms with van der Waals surface area (Å²) in [6, 6.07) is 1.99. The molecule has 4 heterocycles. The summed E-state index contributed by atoms with van der Waals surface area (Å²) >= 11 is 0. The summed E-state index contributed by atoms with van der Waals surface area (Å²) in [5.41, 5.74) is 5.87. The Morgan fingerprint density at radius 1 is 1.31 bits per heavy atom. The molecule has 0 bridgehead atoms. The number of H-pyrrole nitrogens is 1. The number of nitrogens with one attached hydrogen (secondary N) is 1. The molecule has 0 radical (unpaired) electrons. The highest BCUT2D eigenvalue weighted by Crippen LogP contribution is 2.23. The van der Waals surface area contributed by atoms with Crippen LogP contribution in [0.4, 0.5) is 0 Å². The van der Waals surface area contributed by atoms with Crippen molar-refractivity contribution in [2.75, 3.05) is 6.54 Å². The van der Waals surface area contributed by atoms with Crippen molar-refractivity contribution in [3.8, 4) is 0 Å². The molecule has 0 aromatic carbocycles. The molecule has 138 valence electrons. The summed E-state index contributed by atoms with van der Waals surface area (Å²) in [4.78, 5) is 20.0. The fourth-order valence-corrected chi connectivity index (χ4v) is 3.51. The number of hydrogen-bond acceptors (Lipinski definition) is 4. The molecule has 26 heavy (non-hydrogen) atoms. The second-order valence-corrected chi connectivity index (χ2v) is 8.30. The number of rotatable bonds is 2. The van der Waals surface area contributed by atoms with Gasteiger partial charge in [-0.3, -0.25) is 19.5 Å². The van der Waals surface area contributed by atoms with E-state index in [2.05, 4.69) is 42.8 Å². The van der Waals surface area contributed by atoms with Gasteiger partial charge in [-0.1, -0.05) is 20.8 Å². The lowest BCUT2D eigenvalue weighted by Gasteiger charge is -2.27. The molecule has 3 aromatic rings. The highest BCUT2D eigenvalue weighted by atomic mass is 16.1. The van der Waals surface area contributed by atoms with E-state index in [1.807, 2.05) is 24.0 Å². The SMILES string of the molecule is Cc1c(CN2CCc3c(nc4cc(C(C)(C)C)[nH]n4c3=O)C2)cnn1C. The summed E-state index contributed by atoms with van der Waals surface area (Å²) in [5.74, 6) is 0. The Morgan fingerprint density at radius 3 is 2.73 bits per heavy atom. The molecule has 1 aliphatic heterocycles. The Balaban J connectivity index is 1.67. The van der Waals surface area contributed by atoms with Gasteiger partial charge in [0.15, 0.2) is 5.65 Å². The molecule has 0 atom stereocenters. The van der Waals surface area contributed by atoms with E-state index in [4.69, 9.17) is 4.98 Å². The number of nitrogens with zero attached hydrogens (tertiary/aromatic N) is 5. The van der Waals surface area contributed by atoms with E-state index in [9.17, 15) is 4.79 Å². The molecule has 0 saturated heterocycles. The van der Waals surface area contributed by atoms with Gasteiger partial charge in [0.05, 0.1) is 11.9 Å². The van der Waals surface area contributed by atoms with E-state index in [0.29, 0.717) is 12.2 Å². The highest BCUT2D eigenvalue weighted by Gasteiger charge is 2.24. The fraction of sp³-hybridized carbons (Fsp3) is 0.526. The summed E-state index contributed by atoms with van der Waals surface area (Å²) in [6.45, 7) is 10.9. The van der Waals surface area contributed by atoms with Crippen LogP contribution in [0, 0.1) is 6.92 Å². The van der Waals surface area contributed by atoms with Crippen molar-refractivity contribution < 1.29 is 0 Å². The molecule has 1 aliphatic rings. The maximum Gasteiger partial charge on any atom is 0.276 e. The lowest BCUT2D eigenvalue weighted by atomic mass is 9.93. The van der Waals surface area contributed by atoms with E-state index >= 15 is 0 Å². The standard InChI is InChI=1S/C19H26N6O/c1-12-13(9-20-23(12)5)10-24-7-6-14-15(11-24)21-17-8-16(19(2,3)4)22-25(17)18(14)26/h8-9,22H,6-7,10-11H2,1-5H3. The van der Waals surface area contributed by atoms with Gasteiger partial charge < -0.3 is 0 Å². The number of aromatic amines is 1. The lowest BCUT2D eigenvalue weighted by molar-refractivity contribution is 0.240. The second-order valence-electron chi connectivity index (χ2n) is 8.30. The van der Waals surface area contributed by atoms with Crippen LogP contribution in [-0.2, 0) is 32.0 Å². The molecular weight excluding hydrogens is 328 g/mol. The van der Waals surface area contributed by atoms with E-state index < -0.39 is 0 Å². The molecule has 4 rings (SSSR count). The minimum atomic E-state index is -0.0511. The Bertz CT molecular complexity index is 1030. The van der Waals surface area contributed by atoms with Gasteiger partial charge in [0, 0.05) is 60.7 Å². The van der Waals surface area contributed by atoms with Gasteiger partial charge in [0.25, 0.3) is 5.56 Å². The van der Waals surface area contributed by atoms with Gasteiger partial charge >= 0.3 is 0 Å². The van der Waals surface area contributed by atoms with Crippen molar-refractivity contribution in [1.29, 1.82) is 0 Å². The van der Waals surface area contributed by atoms with Crippen molar-refractivity contribution in [2.24, 2.45) is 7.05 Å². The van der Waals surface area contributed by atoms with Crippen LogP contribution < -0.4 is 5.56 Å². The summed E-state index contributed by atoms with van der Waals surface area (Å²) in [6.07, 6.45) is 2.66. The van der Waals surface area contributed by atoms with Gasteiger partial charge in [-0.25, -0.2) is 9.50 Å². The monoisotopic (exact) mass is 354 g/mol. The third-order valence-corrected chi connectivity index (χ3v) is 5.38. The molecule has 0 spiro atoms. The van der Waals surface area contributed by atoms with Gasteiger partial charge in [-0.15, -0.1) is 0 Å². The van der Waals surface area contributed by atoms with Crippen LogP contribution in [0.25, 0.3) is 5.65 Å². The minimum absolute atomic E-state index is 0.0395. The normalized spacial score (nSPS) is 15.6. The first kappa shape index (κ1) is 17.0. The van der Waals surface area contributed by atoms with E-state index in [0.717, 1.165) is 36.5 Å². The Hall–Kier alpha value is -2.41. The lowest BCUT2D eigenvalue weighted by Crippen LogP contribution is -2.36. The zero-order valence-electron chi connectivity index (χ0n) is 16.1. The molecule has 0 saturated carbocycles. The van der Waals surface area contributed by atoms with E-state index in [1.54, 1.807) is 4.52 Å². The average molecular weight is 354 g/mol. The molecule has 7 nitrogen and oxygen atoms in total. The highest BCUT2D eigenvalue weighted by molar-refractivity contribution is 5.43. The zero-order valence-corrected chi connectivity index (χ0v) is 16.1. The molecule has 3 aromatic heterocycles. The first-order chi connectivity index (χ1) is 12.2. The van der Waals surface area contributed by atoms with Gasteiger partial charge in [0.1, 0.15) is 0 Å². The summed E-state index contributed by atoms with van der Waals surface area (Å²) in [7, 11) is 1.96. The van der Waals surface area contributed by atoms with Crippen LogP contribution in [0.3, 0.4) is 0 Å². The topological polar surface area (TPSA) is 71.2 Å². The smallest absolute Gasteiger partial charge is 0.276 e.